The van der Waals surface area contributed by atoms with E-state index in [1.807, 2.05) is 4.90 Å². The first kappa shape index (κ1) is 23.9. The molecule has 8 nitrogen and oxygen atoms in total. The number of urea groups is 1. The van der Waals surface area contributed by atoms with Crippen molar-refractivity contribution < 1.29 is 19.1 Å². The van der Waals surface area contributed by atoms with Gasteiger partial charge in [-0.15, -0.1) is 0 Å². The zero-order valence-electron chi connectivity index (χ0n) is 18.8. The van der Waals surface area contributed by atoms with Crippen LogP contribution in [-0.4, -0.2) is 79.0 Å². The van der Waals surface area contributed by atoms with Gasteiger partial charge in [0.1, 0.15) is 0 Å². The van der Waals surface area contributed by atoms with E-state index in [0.717, 1.165) is 12.8 Å². The van der Waals surface area contributed by atoms with Crippen molar-refractivity contribution in [1.29, 1.82) is 0 Å². The Hall–Kier alpha value is -2.29. The Balaban J connectivity index is 1.62. The molecule has 1 aromatic carbocycles. The molecule has 2 heterocycles. The Morgan fingerprint density at radius 2 is 1.85 bits per heavy atom. The molecule has 10 heteroatoms. The van der Waals surface area contributed by atoms with Crippen molar-refractivity contribution >= 4 is 41.1 Å². The minimum Gasteiger partial charge on any atom is -0.463 e. The molecule has 4 rings (SSSR count). The maximum Gasteiger partial charge on any atom is 0.338 e. The van der Waals surface area contributed by atoms with Gasteiger partial charge in [0, 0.05) is 61.4 Å². The van der Waals surface area contributed by atoms with Gasteiger partial charge in [0.15, 0.2) is 0 Å². The molecule has 1 saturated carbocycles. The van der Waals surface area contributed by atoms with Gasteiger partial charge in [-0.25, -0.2) is 9.59 Å². The first-order chi connectivity index (χ1) is 15.8. The van der Waals surface area contributed by atoms with Crippen LogP contribution in [0.2, 0.25) is 10.0 Å². The van der Waals surface area contributed by atoms with Crippen molar-refractivity contribution in [3.8, 4) is 0 Å². The molecule has 1 aromatic rings. The van der Waals surface area contributed by atoms with Crippen LogP contribution in [-0.2, 0) is 14.3 Å². The fourth-order valence-electron chi connectivity index (χ4n) is 4.29. The Morgan fingerprint density at radius 3 is 2.45 bits per heavy atom. The summed E-state index contributed by atoms with van der Waals surface area (Å²) < 4.78 is 5.37. The van der Waals surface area contributed by atoms with Crippen LogP contribution in [0.1, 0.15) is 31.4 Å². The average Bonchev–Trinajstić information content (AvgIpc) is 3.62. The van der Waals surface area contributed by atoms with Gasteiger partial charge in [0.2, 0.25) is 5.91 Å². The van der Waals surface area contributed by atoms with Crippen LogP contribution in [0.3, 0.4) is 0 Å². The van der Waals surface area contributed by atoms with Gasteiger partial charge in [-0.2, -0.15) is 0 Å². The highest BCUT2D eigenvalue weighted by molar-refractivity contribution is 6.35. The number of rotatable bonds is 6. The monoisotopic (exact) mass is 494 g/mol. The Kier molecular flexibility index (Phi) is 7.16. The normalized spacial score (nSPS) is 21.8. The molecule has 0 aromatic heterocycles. The van der Waals surface area contributed by atoms with E-state index in [4.69, 9.17) is 27.9 Å². The summed E-state index contributed by atoms with van der Waals surface area (Å²) in [4.78, 5) is 43.8. The number of halogens is 2. The van der Waals surface area contributed by atoms with E-state index < -0.39 is 12.0 Å². The fourth-order valence-corrected chi connectivity index (χ4v) is 4.81. The molecule has 1 unspecified atom stereocenters. The number of likely N-dealkylation sites (N-methyl/N-ethyl adjacent to an activating group) is 1. The first-order valence-corrected chi connectivity index (χ1v) is 12.0. The summed E-state index contributed by atoms with van der Waals surface area (Å²) in [6.45, 7) is 4.93. The van der Waals surface area contributed by atoms with Crippen molar-refractivity contribution in [3.05, 3.63) is 45.1 Å². The summed E-state index contributed by atoms with van der Waals surface area (Å²) in [6.07, 6.45) is 1.98. The summed E-state index contributed by atoms with van der Waals surface area (Å²) in [6, 6.07) is 3.87. The summed E-state index contributed by atoms with van der Waals surface area (Å²) in [5, 5.41) is 3.68. The predicted octanol–water partition coefficient (Wildman–Crippen LogP) is 3.06. The standard InChI is InChI=1S/C23H28Cl2N4O4/c1-3-33-22(31)19-18(13-28-8-10-29(11-9-28)21(30)14-4-5-14)27(2)23(32)26-20(19)16-7-6-15(24)12-17(16)25/h6-7,12,14,20H,3-5,8-11,13H2,1-2H3,(H,26,32). The van der Waals surface area contributed by atoms with Crippen molar-refractivity contribution in [2.45, 2.75) is 25.8 Å². The molecule has 1 N–H and O–H groups in total. The lowest BCUT2D eigenvalue weighted by Crippen LogP contribution is -2.53. The SMILES string of the molecule is CCOC(=O)C1=C(CN2CCN(C(=O)C3CC3)CC2)N(C)C(=O)NC1c1ccc(Cl)cc1Cl. The molecular weight excluding hydrogens is 467 g/mol. The van der Waals surface area contributed by atoms with E-state index in [0.29, 0.717) is 59.6 Å². The van der Waals surface area contributed by atoms with Crippen LogP contribution in [0.5, 0.6) is 0 Å². The third-order valence-electron chi connectivity index (χ3n) is 6.33. The van der Waals surface area contributed by atoms with E-state index in [9.17, 15) is 14.4 Å². The van der Waals surface area contributed by atoms with Crippen LogP contribution >= 0.6 is 23.2 Å². The zero-order chi connectivity index (χ0) is 23.7. The molecule has 2 aliphatic heterocycles. The Morgan fingerprint density at radius 1 is 1.15 bits per heavy atom. The molecule has 2 fully saturated rings. The number of esters is 1. The molecule has 33 heavy (non-hydrogen) atoms. The van der Waals surface area contributed by atoms with E-state index >= 15 is 0 Å². The van der Waals surface area contributed by atoms with Crippen molar-refractivity contribution in [1.82, 2.24) is 20.0 Å². The number of carbonyl (C=O) groups excluding carboxylic acids is 3. The second kappa shape index (κ2) is 9.91. The maximum absolute atomic E-state index is 13.1. The molecule has 0 radical (unpaired) electrons. The van der Waals surface area contributed by atoms with E-state index in [2.05, 4.69) is 10.2 Å². The number of amides is 3. The number of nitrogens with zero attached hydrogens (tertiary/aromatic N) is 3. The van der Waals surface area contributed by atoms with Crippen molar-refractivity contribution in [2.24, 2.45) is 5.92 Å². The van der Waals surface area contributed by atoms with Gasteiger partial charge in [-0.3, -0.25) is 14.6 Å². The quantitative estimate of drug-likeness (QED) is 0.614. The van der Waals surface area contributed by atoms with Gasteiger partial charge < -0.3 is 15.0 Å². The molecule has 1 aliphatic carbocycles. The first-order valence-electron chi connectivity index (χ1n) is 11.2. The lowest BCUT2D eigenvalue weighted by molar-refractivity contribution is -0.139. The fraction of sp³-hybridized carbons (Fsp3) is 0.522. The Labute approximate surface area is 203 Å². The summed E-state index contributed by atoms with van der Waals surface area (Å²) in [7, 11) is 1.64. The minimum atomic E-state index is -0.759. The summed E-state index contributed by atoms with van der Waals surface area (Å²) in [5.41, 5.74) is 1.48. The van der Waals surface area contributed by atoms with Gasteiger partial charge in [0.25, 0.3) is 0 Å². The smallest absolute Gasteiger partial charge is 0.338 e. The second-order valence-corrected chi connectivity index (χ2v) is 9.41. The molecular formula is C23H28Cl2N4O4. The number of piperazine rings is 1. The van der Waals surface area contributed by atoms with E-state index in [1.54, 1.807) is 32.2 Å². The van der Waals surface area contributed by atoms with Crippen LogP contribution in [0.15, 0.2) is 29.5 Å². The number of carbonyl (C=O) groups is 3. The summed E-state index contributed by atoms with van der Waals surface area (Å²) in [5.74, 6) is -0.0571. The van der Waals surface area contributed by atoms with Crippen LogP contribution in [0, 0.1) is 5.92 Å². The molecule has 1 saturated heterocycles. The molecule has 3 amide bonds. The zero-order valence-corrected chi connectivity index (χ0v) is 20.3. The van der Waals surface area contributed by atoms with Gasteiger partial charge in [-0.1, -0.05) is 29.3 Å². The van der Waals surface area contributed by atoms with E-state index in [-0.39, 0.29) is 24.5 Å². The maximum atomic E-state index is 13.1. The predicted molar refractivity (Wildman–Crippen MR) is 125 cm³/mol. The van der Waals surface area contributed by atoms with Gasteiger partial charge in [0.05, 0.1) is 18.2 Å². The molecule has 0 spiro atoms. The third kappa shape index (κ3) is 5.13. The third-order valence-corrected chi connectivity index (χ3v) is 6.89. The number of nitrogens with one attached hydrogen (secondary N) is 1. The number of hydrogen-bond donors (Lipinski definition) is 1. The lowest BCUT2D eigenvalue weighted by Gasteiger charge is -2.39. The molecule has 178 valence electrons. The van der Waals surface area contributed by atoms with Crippen molar-refractivity contribution in [2.75, 3.05) is 46.4 Å². The largest absolute Gasteiger partial charge is 0.463 e. The lowest BCUT2D eigenvalue weighted by atomic mass is 9.94. The van der Waals surface area contributed by atoms with Crippen LogP contribution < -0.4 is 5.32 Å². The minimum absolute atomic E-state index is 0.202. The highest BCUT2D eigenvalue weighted by atomic mass is 35.5. The molecule has 1 atom stereocenters. The van der Waals surface area contributed by atoms with Crippen molar-refractivity contribution in [3.63, 3.8) is 0 Å². The van der Waals surface area contributed by atoms with E-state index in [1.165, 1.54) is 4.90 Å². The van der Waals surface area contributed by atoms with Crippen LogP contribution in [0.25, 0.3) is 0 Å². The average molecular weight is 495 g/mol. The number of ether oxygens (including phenoxy) is 1. The summed E-state index contributed by atoms with van der Waals surface area (Å²) >= 11 is 12.5. The van der Waals surface area contributed by atoms with Crippen LogP contribution in [0.4, 0.5) is 4.79 Å². The number of hydrogen-bond acceptors (Lipinski definition) is 5. The highest BCUT2D eigenvalue weighted by Crippen LogP contribution is 2.36. The molecule has 0 bridgehead atoms. The topological polar surface area (TPSA) is 82.2 Å². The molecule has 3 aliphatic rings. The Bertz CT molecular complexity index is 987. The van der Waals surface area contributed by atoms with Gasteiger partial charge in [-0.05, 0) is 37.5 Å². The number of benzene rings is 1. The highest BCUT2D eigenvalue weighted by Gasteiger charge is 2.39. The van der Waals surface area contributed by atoms with Gasteiger partial charge >= 0.3 is 12.0 Å². The second-order valence-electron chi connectivity index (χ2n) is 8.56.